The zero-order valence-corrected chi connectivity index (χ0v) is 33.4. The van der Waals surface area contributed by atoms with Crippen molar-refractivity contribution in [3.63, 3.8) is 0 Å². The van der Waals surface area contributed by atoms with E-state index < -0.39 is 60.4 Å². The monoisotopic (exact) mass is 926 g/mol. The minimum Gasteiger partial charge on any atom is -0.503 e. The van der Waals surface area contributed by atoms with Crippen molar-refractivity contribution in [2.45, 2.75) is 26.2 Å². The summed E-state index contributed by atoms with van der Waals surface area (Å²) in [5, 5.41) is 0. The molecule has 0 amide bonds. The molecule has 0 bridgehead atoms. The number of imidazole rings is 1. The van der Waals surface area contributed by atoms with Crippen molar-refractivity contribution in [3.8, 4) is 67.5 Å². The molecule has 4 nitrogen and oxygen atoms in total. The molecule has 9 aromatic rings. The molecular weight excluding hydrogens is 878 g/mol. The summed E-state index contributed by atoms with van der Waals surface area (Å²) < 4.78 is 96.3. The minimum absolute atomic E-state index is 0. The maximum Gasteiger partial charge on any atom is 0.268 e. The molecule has 0 N–H and O–H groups in total. The third-order valence-electron chi connectivity index (χ3n) is 9.46. The van der Waals surface area contributed by atoms with E-state index >= 15 is 0 Å². The Balaban J connectivity index is 0.00000608. The third kappa shape index (κ3) is 7.62. The Morgan fingerprint density at radius 1 is 0.632 bits per heavy atom. The second-order valence-electron chi connectivity index (χ2n) is 14.1. The Morgan fingerprint density at radius 2 is 1.23 bits per heavy atom. The van der Waals surface area contributed by atoms with Crippen molar-refractivity contribution in [2.24, 2.45) is 0 Å². The summed E-state index contributed by atoms with van der Waals surface area (Å²) >= 11 is 0. The van der Waals surface area contributed by atoms with Gasteiger partial charge in [0.15, 0.2) is 0 Å². The molecule has 0 unspecified atom stereocenters. The molecule has 0 saturated heterocycles. The molecule has 0 atom stereocenters. The maximum atomic E-state index is 8.97. The summed E-state index contributed by atoms with van der Waals surface area (Å²) in [6.07, 6.45) is 5.22. The Bertz CT molecular complexity index is 3280. The zero-order valence-electron chi connectivity index (χ0n) is 41.1. The number of nitrogens with zero attached hydrogens (tertiary/aromatic N) is 3. The van der Waals surface area contributed by atoms with Gasteiger partial charge in [0.25, 0.3) is 6.33 Å². The van der Waals surface area contributed by atoms with Crippen LogP contribution in [0.3, 0.4) is 0 Å². The molecule has 7 aromatic carbocycles. The van der Waals surface area contributed by atoms with Gasteiger partial charge >= 0.3 is 0 Å². The summed E-state index contributed by atoms with van der Waals surface area (Å²) in [5.41, 5.74) is 6.50. The number of hydrogen-bond donors (Lipinski definition) is 0. The zero-order chi connectivity index (χ0) is 46.8. The first-order chi connectivity index (χ1) is 31.5. The van der Waals surface area contributed by atoms with Gasteiger partial charge in [0.1, 0.15) is 0 Å². The first kappa shape index (κ1) is 27.3. The van der Waals surface area contributed by atoms with Crippen LogP contribution in [0.2, 0.25) is 0 Å². The number of benzene rings is 7. The van der Waals surface area contributed by atoms with Crippen LogP contribution in [0.1, 0.15) is 40.0 Å². The predicted molar refractivity (Wildman–Crippen MR) is 226 cm³/mol. The molecule has 280 valence electrons. The van der Waals surface area contributed by atoms with E-state index in [2.05, 4.69) is 45.3 Å². The van der Waals surface area contributed by atoms with Crippen LogP contribution in [0.15, 0.2) is 182 Å². The van der Waals surface area contributed by atoms with Gasteiger partial charge in [0.05, 0.1) is 36.1 Å². The topological polar surface area (TPSA) is 30.9 Å². The maximum absolute atomic E-state index is 8.97. The molecule has 0 aliphatic rings. The molecule has 0 fully saturated rings. The second-order valence-corrected chi connectivity index (χ2v) is 14.1. The van der Waals surface area contributed by atoms with Gasteiger partial charge in [0.2, 0.25) is 0 Å². The van der Waals surface area contributed by atoms with E-state index in [9.17, 15) is 0 Å². The van der Waals surface area contributed by atoms with Crippen molar-refractivity contribution in [1.29, 1.82) is 0 Å². The first-order valence-corrected chi connectivity index (χ1v) is 18.1. The standard InChI is InChI=1S/C52H39N3O.Pt/c1-52(2,3)40-31-32-53-48(34-40)47-26-11-10-25-44(47)39-21-14-23-42(33-39)56-43-24-15-22-41(35-43)54-36-55(50-30-13-12-29-49(50)54)51-45(37-17-6-4-7-18-37)27-16-28-46(51)38-19-8-5-9-20-38;/h4-32,34H,1-3H3;/q-2;/i4D,5D,6D,7D,8D,9D,17D,18D,19D,20D;. The molecule has 0 radical (unpaired) electrons. The van der Waals surface area contributed by atoms with Crippen LogP contribution in [0, 0.1) is 18.5 Å². The van der Waals surface area contributed by atoms with Crippen molar-refractivity contribution in [1.82, 2.24) is 9.55 Å². The molecule has 9 rings (SSSR count). The number of rotatable bonds is 8. The number of pyridine rings is 1. The Labute approximate surface area is 363 Å². The smallest absolute Gasteiger partial charge is 0.268 e. The fourth-order valence-corrected chi connectivity index (χ4v) is 6.76. The van der Waals surface area contributed by atoms with E-state index in [1.54, 1.807) is 51.6 Å². The van der Waals surface area contributed by atoms with Crippen LogP contribution in [0.5, 0.6) is 11.5 Å². The van der Waals surface area contributed by atoms with Crippen LogP contribution in [-0.2, 0) is 26.5 Å². The summed E-state index contributed by atoms with van der Waals surface area (Å²) in [6.45, 7) is 6.51. The largest absolute Gasteiger partial charge is 0.503 e. The average molecular weight is 927 g/mol. The molecule has 2 heterocycles. The van der Waals surface area contributed by atoms with Crippen molar-refractivity contribution >= 4 is 11.0 Å². The Morgan fingerprint density at radius 3 is 1.93 bits per heavy atom. The number of ether oxygens (including phenoxy) is 1. The molecule has 0 aliphatic heterocycles. The summed E-state index contributed by atoms with van der Waals surface area (Å²) in [6, 6.07) is 36.8. The molecule has 0 aliphatic carbocycles. The van der Waals surface area contributed by atoms with E-state index in [0.29, 0.717) is 28.2 Å². The van der Waals surface area contributed by atoms with Crippen LogP contribution in [0.4, 0.5) is 0 Å². The SMILES string of the molecule is [2H]c1c([2H])c([2H])c(-c2cccc(-c3c([2H])c([2H])c([2H])c([2H])c3[2H])c2-[n+]2[c-]n(-c3[c-]c(Oc4[c-]c(-c5ccccc5-c5cc(C(C)(C)C)ccn5)ccc4)ccc3)c3ccccc32)c([2H])c1[2H].[Pt]. The van der Waals surface area contributed by atoms with Gasteiger partial charge in [-0.05, 0) is 56.6 Å². The van der Waals surface area contributed by atoms with E-state index in [4.69, 9.17) is 23.4 Å². The number of fused-ring (bicyclic) bond motifs is 1. The van der Waals surface area contributed by atoms with Gasteiger partial charge in [-0.15, -0.1) is 35.9 Å². The number of hydrogen-bond acceptors (Lipinski definition) is 2. The van der Waals surface area contributed by atoms with Crippen molar-refractivity contribution in [2.75, 3.05) is 0 Å². The van der Waals surface area contributed by atoms with Gasteiger partial charge in [-0.25, -0.2) is 0 Å². The number of aromatic nitrogens is 3. The predicted octanol–water partition coefficient (Wildman–Crippen LogP) is 12.5. The van der Waals surface area contributed by atoms with Gasteiger partial charge in [-0.2, -0.15) is 12.1 Å². The van der Waals surface area contributed by atoms with Crippen LogP contribution in [-0.4, -0.2) is 9.55 Å². The molecular formula is C52H39N3OPt-2. The van der Waals surface area contributed by atoms with E-state index in [0.717, 1.165) is 22.4 Å². The normalized spacial score (nSPS) is 13.7. The van der Waals surface area contributed by atoms with Gasteiger partial charge < -0.3 is 9.30 Å². The molecule has 5 heteroatoms. The molecule has 0 spiro atoms. The van der Waals surface area contributed by atoms with Gasteiger partial charge in [-0.3, -0.25) is 9.55 Å². The second kappa shape index (κ2) is 16.0. The van der Waals surface area contributed by atoms with E-state index in [-0.39, 0.29) is 54.4 Å². The average Bonchev–Trinajstić information content (AvgIpc) is 3.71. The van der Waals surface area contributed by atoms with Crippen LogP contribution < -0.4 is 9.30 Å². The third-order valence-corrected chi connectivity index (χ3v) is 9.46. The minimum atomic E-state index is -0.570. The first-order valence-electron chi connectivity index (χ1n) is 23.1. The quantitative estimate of drug-likeness (QED) is 0.112. The molecule has 2 aromatic heterocycles. The number of para-hydroxylation sites is 3. The van der Waals surface area contributed by atoms with Crippen LogP contribution >= 0.6 is 0 Å². The van der Waals surface area contributed by atoms with Crippen molar-refractivity contribution in [3.05, 3.63) is 206 Å². The van der Waals surface area contributed by atoms with Crippen LogP contribution in [0.25, 0.3) is 67.0 Å². The van der Waals surface area contributed by atoms with E-state index in [1.807, 2.05) is 72.9 Å². The summed E-state index contributed by atoms with van der Waals surface area (Å²) in [5.74, 6) is 0.810. The fourth-order valence-electron chi connectivity index (χ4n) is 6.76. The molecule has 0 saturated carbocycles. The Hall–Kier alpha value is -6.35. The summed E-state index contributed by atoms with van der Waals surface area (Å²) in [7, 11) is 0. The van der Waals surface area contributed by atoms with Gasteiger partial charge in [0, 0.05) is 38.8 Å². The van der Waals surface area contributed by atoms with Crippen molar-refractivity contribution < 1.29 is 44.1 Å². The van der Waals surface area contributed by atoms with E-state index in [1.165, 1.54) is 5.56 Å². The fraction of sp³-hybridized carbons (Fsp3) is 0.0769. The van der Waals surface area contributed by atoms with Gasteiger partial charge in [-0.1, -0.05) is 160 Å². The molecule has 57 heavy (non-hydrogen) atoms. The summed E-state index contributed by atoms with van der Waals surface area (Å²) in [4.78, 5) is 4.72. The Kier molecular flexibility index (Phi) is 7.67.